The summed E-state index contributed by atoms with van der Waals surface area (Å²) >= 11 is 1.92. The Kier molecular flexibility index (Phi) is 4.74. The summed E-state index contributed by atoms with van der Waals surface area (Å²) in [5, 5.41) is 6.45. The normalized spacial score (nSPS) is 21.5. The van der Waals surface area contributed by atoms with Crippen molar-refractivity contribution in [2.45, 2.75) is 52.0 Å². The van der Waals surface area contributed by atoms with Crippen molar-refractivity contribution in [3.05, 3.63) is 11.1 Å². The predicted octanol–water partition coefficient (Wildman–Crippen LogP) is 3.27. The Morgan fingerprint density at radius 2 is 2.12 bits per heavy atom. The van der Waals surface area contributed by atoms with Gasteiger partial charge in [-0.25, -0.2) is 0 Å². The Bertz CT molecular complexity index is 259. The van der Waals surface area contributed by atoms with Crippen LogP contribution in [-0.4, -0.2) is 29.4 Å². The zero-order valence-corrected chi connectivity index (χ0v) is 12.3. The van der Waals surface area contributed by atoms with Crippen LogP contribution in [0.4, 0.5) is 0 Å². The largest absolute Gasteiger partial charge is 0.375 e. The molecule has 1 atom stereocenters. The number of hydrogen-bond donors (Lipinski definition) is 1. The molecule has 1 heterocycles. The van der Waals surface area contributed by atoms with Gasteiger partial charge in [0.05, 0.1) is 5.37 Å². The smallest absolute Gasteiger partial charge is 0.0784 e. The number of nitrogens with one attached hydrogen (secondary N) is 1. The van der Waals surface area contributed by atoms with Gasteiger partial charge in [-0.15, -0.1) is 11.8 Å². The number of thioether (sulfide) groups is 1. The molecule has 0 aromatic rings. The summed E-state index contributed by atoms with van der Waals surface area (Å²) in [5.74, 6) is 0.684. The van der Waals surface area contributed by atoms with Crippen molar-refractivity contribution in [2.75, 3.05) is 13.6 Å². The number of hydrogen-bond acceptors (Lipinski definition) is 3. The summed E-state index contributed by atoms with van der Waals surface area (Å²) in [4.78, 5) is 2.43. The van der Waals surface area contributed by atoms with E-state index in [1.165, 1.54) is 12.1 Å². The van der Waals surface area contributed by atoms with E-state index in [1.807, 2.05) is 11.8 Å². The fourth-order valence-corrected chi connectivity index (χ4v) is 2.54. The molecule has 0 radical (unpaired) electrons. The highest BCUT2D eigenvalue weighted by atomic mass is 32.2. The lowest BCUT2D eigenvalue weighted by molar-refractivity contribution is 0.162. The van der Waals surface area contributed by atoms with Gasteiger partial charge in [-0.2, -0.15) is 0 Å². The average molecular weight is 242 g/mol. The summed E-state index contributed by atoms with van der Waals surface area (Å²) in [7, 11) is 2.21. The molecule has 0 fully saturated rings. The van der Waals surface area contributed by atoms with Crippen molar-refractivity contribution in [1.29, 1.82) is 0 Å². The monoisotopic (exact) mass is 242 g/mol. The molecule has 1 aliphatic heterocycles. The Morgan fingerprint density at radius 1 is 1.50 bits per heavy atom. The van der Waals surface area contributed by atoms with Crippen LogP contribution in [0.15, 0.2) is 11.1 Å². The van der Waals surface area contributed by atoms with Crippen LogP contribution in [0.1, 0.15) is 41.0 Å². The summed E-state index contributed by atoms with van der Waals surface area (Å²) in [6.07, 6.45) is 1.18. The summed E-state index contributed by atoms with van der Waals surface area (Å²) in [6, 6.07) is 0. The Balaban J connectivity index is 2.45. The molecular formula is C13H26N2S. The van der Waals surface area contributed by atoms with Crippen molar-refractivity contribution >= 4 is 11.8 Å². The fraction of sp³-hybridized carbons (Fsp3) is 0.846. The Hall–Kier alpha value is -0.150. The minimum atomic E-state index is 0.281. The molecule has 3 heteroatoms. The van der Waals surface area contributed by atoms with Gasteiger partial charge in [0, 0.05) is 17.8 Å². The topological polar surface area (TPSA) is 15.3 Å². The van der Waals surface area contributed by atoms with Crippen LogP contribution in [0.5, 0.6) is 0 Å². The molecular weight excluding hydrogens is 216 g/mol. The molecule has 0 saturated carbocycles. The second kappa shape index (κ2) is 5.46. The van der Waals surface area contributed by atoms with Crippen LogP contribution in [0.2, 0.25) is 0 Å². The molecule has 0 aromatic heterocycles. The molecule has 0 aromatic carbocycles. The summed E-state index contributed by atoms with van der Waals surface area (Å²) < 4.78 is 0. The lowest BCUT2D eigenvalue weighted by atomic mass is 10.00. The van der Waals surface area contributed by atoms with Gasteiger partial charge in [0.25, 0.3) is 0 Å². The highest BCUT2D eigenvalue weighted by Crippen LogP contribution is 2.27. The van der Waals surface area contributed by atoms with Gasteiger partial charge in [-0.3, -0.25) is 4.90 Å². The molecule has 1 rings (SSSR count). The molecule has 1 unspecified atom stereocenters. The summed E-state index contributed by atoms with van der Waals surface area (Å²) in [5.41, 5.74) is 1.65. The number of rotatable bonds is 5. The lowest BCUT2D eigenvalue weighted by Gasteiger charge is -2.35. The van der Waals surface area contributed by atoms with Crippen LogP contribution < -0.4 is 5.32 Å². The standard InChI is InChI=1S/C13H26N2S/c1-7-13(4,5)15(6)8-11-9-16-12(14-11)10(2)3/h9-10,12,14H,7-8H2,1-6H3. The molecule has 0 amide bonds. The first kappa shape index (κ1) is 13.9. The van der Waals surface area contributed by atoms with E-state index in [4.69, 9.17) is 0 Å². The van der Waals surface area contributed by atoms with Gasteiger partial charge in [-0.1, -0.05) is 20.8 Å². The van der Waals surface area contributed by atoms with Crippen molar-refractivity contribution in [3.63, 3.8) is 0 Å². The SMILES string of the molecule is CCC(C)(C)N(C)CC1=CSC(C(C)C)N1. The van der Waals surface area contributed by atoms with Crippen molar-refractivity contribution in [3.8, 4) is 0 Å². The van der Waals surface area contributed by atoms with Crippen molar-refractivity contribution in [2.24, 2.45) is 5.92 Å². The highest BCUT2D eigenvalue weighted by Gasteiger charge is 2.25. The fourth-order valence-electron chi connectivity index (χ4n) is 1.55. The van der Waals surface area contributed by atoms with Gasteiger partial charge in [0.15, 0.2) is 0 Å². The lowest BCUT2D eigenvalue weighted by Crippen LogP contribution is -2.43. The van der Waals surface area contributed by atoms with Gasteiger partial charge in [0.2, 0.25) is 0 Å². The Labute approximate surface area is 105 Å². The quantitative estimate of drug-likeness (QED) is 0.796. The van der Waals surface area contributed by atoms with Crippen LogP contribution in [0.25, 0.3) is 0 Å². The van der Waals surface area contributed by atoms with Gasteiger partial charge in [-0.05, 0) is 38.6 Å². The maximum atomic E-state index is 3.60. The zero-order valence-electron chi connectivity index (χ0n) is 11.5. The van der Waals surface area contributed by atoms with E-state index in [-0.39, 0.29) is 5.54 Å². The van der Waals surface area contributed by atoms with Gasteiger partial charge >= 0.3 is 0 Å². The first-order valence-electron chi connectivity index (χ1n) is 6.19. The molecule has 2 nitrogen and oxygen atoms in total. The second-order valence-corrected chi connectivity index (χ2v) is 6.63. The minimum absolute atomic E-state index is 0.281. The maximum Gasteiger partial charge on any atom is 0.0784 e. The molecule has 1 aliphatic rings. The zero-order chi connectivity index (χ0) is 12.3. The van der Waals surface area contributed by atoms with Crippen LogP contribution in [0, 0.1) is 5.92 Å². The summed E-state index contributed by atoms with van der Waals surface area (Å²) in [6.45, 7) is 12.4. The molecule has 0 spiro atoms. The molecule has 0 aliphatic carbocycles. The van der Waals surface area contributed by atoms with E-state index in [2.05, 4.69) is 57.3 Å². The Morgan fingerprint density at radius 3 is 2.56 bits per heavy atom. The van der Waals surface area contributed by atoms with Crippen LogP contribution >= 0.6 is 11.8 Å². The first-order valence-corrected chi connectivity index (χ1v) is 7.13. The molecule has 0 saturated heterocycles. The van der Waals surface area contributed by atoms with E-state index in [0.29, 0.717) is 11.3 Å². The van der Waals surface area contributed by atoms with E-state index < -0.39 is 0 Å². The molecule has 0 bridgehead atoms. The molecule has 94 valence electrons. The van der Waals surface area contributed by atoms with Crippen LogP contribution in [-0.2, 0) is 0 Å². The number of nitrogens with zero attached hydrogens (tertiary/aromatic N) is 1. The second-order valence-electron chi connectivity index (χ2n) is 5.61. The van der Waals surface area contributed by atoms with E-state index >= 15 is 0 Å². The van der Waals surface area contributed by atoms with Crippen LogP contribution in [0.3, 0.4) is 0 Å². The number of likely N-dealkylation sites (N-methyl/N-ethyl adjacent to an activating group) is 1. The predicted molar refractivity (Wildman–Crippen MR) is 74.4 cm³/mol. The maximum absolute atomic E-state index is 3.60. The van der Waals surface area contributed by atoms with Gasteiger partial charge in [0.1, 0.15) is 0 Å². The van der Waals surface area contributed by atoms with Crippen molar-refractivity contribution < 1.29 is 0 Å². The molecule has 16 heavy (non-hydrogen) atoms. The molecule has 1 N–H and O–H groups in total. The van der Waals surface area contributed by atoms with E-state index in [0.717, 1.165) is 6.54 Å². The third kappa shape index (κ3) is 3.42. The minimum Gasteiger partial charge on any atom is -0.375 e. The average Bonchev–Trinajstić information content (AvgIpc) is 2.66. The first-order chi connectivity index (χ1) is 7.36. The van der Waals surface area contributed by atoms with E-state index in [9.17, 15) is 0 Å². The highest BCUT2D eigenvalue weighted by molar-refractivity contribution is 8.02. The van der Waals surface area contributed by atoms with Crippen molar-refractivity contribution in [1.82, 2.24) is 10.2 Å². The third-order valence-corrected chi connectivity index (χ3v) is 4.97. The van der Waals surface area contributed by atoms with Gasteiger partial charge < -0.3 is 5.32 Å². The van der Waals surface area contributed by atoms with E-state index in [1.54, 1.807) is 0 Å². The third-order valence-electron chi connectivity index (χ3n) is 3.60.